The number of nitrogens with one attached hydrogen (secondary N) is 1. The van der Waals surface area contributed by atoms with Crippen LogP contribution in [0.1, 0.15) is 5.56 Å². The molecule has 0 atom stereocenters. The van der Waals surface area contributed by atoms with Gasteiger partial charge in [-0.25, -0.2) is 14.4 Å². The number of aryl methyl sites for hydroxylation is 1. The molecule has 0 aliphatic rings. The average Bonchev–Trinajstić information content (AvgIpc) is 2.27. The molecular weight excluding hydrogens is 207 g/mol. The van der Waals surface area contributed by atoms with Gasteiger partial charge in [0.2, 0.25) is 0 Å². The molecule has 0 aliphatic carbocycles. The van der Waals surface area contributed by atoms with E-state index in [-0.39, 0.29) is 5.82 Å². The van der Waals surface area contributed by atoms with Crippen molar-refractivity contribution in [3.63, 3.8) is 0 Å². The molecule has 3 N–H and O–H groups in total. The van der Waals surface area contributed by atoms with Gasteiger partial charge in [-0.2, -0.15) is 0 Å². The SMILES string of the molecule is Cc1cc(Nc2cnc(N)cn2)ccc1F. The summed E-state index contributed by atoms with van der Waals surface area (Å²) in [6, 6.07) is 4.75. The Kier molecular flexibility index (Phi) is 2.68. The molecule has 0 aliphatic heterocycles. The molecule has 0 spiro atoms. The van der Waals surface area contributed by atoms with E-state index in [1.165, 1.54) is 18.5 Å². The second-order valence-corrected chi connectivity index (χ2v) is 3.42. The van der Waals surface area contributed by atoms with Gasteiger partial charge in [-0.1, -0.05) is 0 Å². The first-order valence-corrected chi connectivity index (χ1v) is 4.76. The molecule has 2 aromatic rings. The van der Waals surface area contributed by atoms with Crippen LogP contribution in [0.25, 0.3) is 0 Å². The predicted octanol–water partition coefficient (Wildman–Crippen LogP) is 2.25. The molecule has 1 aromatic heterocycles. The zero-order valence-electron chi connectivity index (χ0n) is 8.74. The lowest BCUT2D eigenvalue weighted by Crippen LogP contribution is -1.97. The van der Waals surface area contributed by atoms with Gasteiger partial charge >= 0.3 is 0 Å². The topological polar surface area (TPSA) is 63.8 Å². The van der Waals surface area contributed by atoms with Crippen LogP contribution in [-0.4, -0.2) is 9.97 Å². The highest BCUT2D eigenvalue weighted by molar-refractivity contribution is 5.56. The lowest BCUT2D eigenvalue weighted by molar-refractivity contribution is 0.619. The van der Waals surface area contributed by atoms with Gasteiger partial charge in [-0.3, -0.25) is 0 Å². The van der Waals surface area contributed by atoms with Crippen LogP contribution in [0.3, 0.4) is 0 Å². The maximum Gasteiger partial charge on any atom is 0.149 e. The van der Waals surface area contributed by atoms with Gasteiger partial charge < -0.3 is 11.1 Å². The summed E-state index contributed by atoms with van der Waals surface area (Å²) in [4.78, 5) is 7.93. The Morgan fingerprint density at radius 3 is 2.69 bits per heavy atom. The van der Waals surface area contributed by atoms with Crippen LogP contribution in [0.4, 0.5) is 21.7 Å². The van der Waals surface area contributed by atoms with Crippen LogP contribution < -0.4 is 11.1 Å². The Bertz CT molecular complexity index is 496. The van der Waals surface area contributed by atoms with Crippen LogP contribution in [-0.2, 0) is 0 Å². The van der Waals surface area contributed by atoms with Crippen molar-refractivity contribution in [1.82, 2.24) is 9.97 Å². The van der Waals surface area contributed by atoms with E-state index in [1.54, 1.807) is 19.1 Å². The lowest BCUT2D eigenvalue weighted by atomic mass is 10.2. The standard InChI is InChI=1S/C11H11FN4/c1-7-4-8(2-3-9(7)12)16-11-6-14-10(13)5-15-11/h2-6H,1H3,(H2,13,14)(H,15,16). The monoisotopic (exact) mass is 218 g/mol. The molecule has 1 aromatic carbocycles. The summed E-state index contributed by atoms with van der Waals surface area (Å²) in [5, 5.41) is 3.00. The van der Waals surface area contributed by atoms with E-state index in [9.17, 15) is 4.39 Å². The third-order valence-electron chi connectivity index (χ3n) is 2.10. The number of aromatic nitrogens is 2. The molecule has 0 fully saturated rings. The number of halogens is 1. The quantitative estimate of drug-likeness (QED) is 0.811. The van der Waals surface area contributed by atoms with Crippen molar-refractivity contribution in [1.29, 1.82) is 0 Å². The molecule has 0 saturated heterocycles. The molecule has 2 rings (SSSR count). The molecule has 4 nitrogen and oxygen atoms in total. The molecule has 0 unspecified atom stereocenters. The Labute approximate surface area is 92.3 Å². The fourth-order valence-electron chi connectivity index (χ4n) is 1.27. The van der Waals surface area contributed by atoms with E-state index in [2.05, 4.69) is 15.3 Å². The number of hydrogen-bond donors (Lipinski definition) is 2. The van der Waals surface area contributed by atoms with Crippen molar-refractivity contribution in [2.75, 3.05) is 11.1 Å². The smallest absolute Gasteiger partial charge is 0.149 e. The molecule has 16 heavy (non-hydrogen) atoms. The van der Waals surface area contributed by atoms with E-state index in [0.29, 0.717) is 17.2 Å². The molecule has 1 heterocycles. The maximum atomic E-state index is 13.0. The fourth-order valence-corrected chi connectivity index (χ4v) is 1.27. The van der Waals surface area contributed by atoms with E-state index < -0.39 is 0 Å². The average molecular weight is 218 g/mol. The summed E-state index contributed by atoms with van der Waals surface area (Å²) in [5.41, 5.74) is 6.75. The first-order valence-electron chi connectivity index (χ1n) is 4.76. The minimum absolute atomic E-state index is 0.228. The lowest BCUT2D eigenvalue weighted by Gasteiger charge is -2.06. The highest BCUT2D eigenvalue weighted by atomic mass is 19.1. The summed E-state index contributed by atoms with van der Waals surface area (Å²) < 4.78 is 13.0. The second kappa shape index (κ2) is 4.14. The van der Waals surface area contributed by atoms with Gasteiger partial charge in [0.1, 0.15) is 17.5 Å². The highest BCUT2D eigenvalue weighted by Crippen LogP contribution is 2.17. The van der Waals surface area contributed by atoms with Crippen LogP contribution in [0.15, 0.2) is 30.6 Å². The third kappa shape index (κ3) is 2.25. The van der Waals surface area contributed by atoms with Crippen molar-refractivity contribution >= 4 is 17.3 Å². The molecule has 0 amide bonds. The predicted molar refractivity (Wildman–Crippen MR) is 60.9 cm³/mol. The maximum absolute atomic E-state index is 13.0. The summed E-state index contributed by atoms with van der Waals surface area (Å²) in [5.74, 6) is 0.704. The van der Waals surface area contributed by atoms with Crippen molar-refractivity contribution in [3.05, 3.63) is 42.0 Å². The number of nitrogens with two attached hydrogens (primary N) is 1. The molecular formula is C11H11FN4. The summed E-state index contributed by atoms with van der Waals surface area (Å²) >= 11 is 0. The third-order valence-corrected chi connectivity index (χ3v) is 2.10. The number of benzene rings is 1. The summed E-state index contributed by atoms with van der Waals surface area (Å²) in [6.45, 7) is 1.70. The van der Waals surface area contributed by atoms with Crippen molar-refractivity contribution < 1.29 is 4.39 Å². The Balaban J connectivity index is 2.20. The number of nitrogens with zero attached hydrogens (tertiary/aromatic N) is 2. The van der Waals surface area contributed by atoms with Gasteiger partial charge in [-0.15, -0.1) is 0 Å². The zero-order valence-corrected chi connectivity index (χ0v) is 8.74. The fraction of sp³-hybridized carbons (Fsp3) is 0.0909. The van der Waals surface area contributed by atoms with E-state index >= 15 is 0 Å². The van der Waals surface area contributed by atoms with E-state index in [0.717, 1.165) is 5.69 Å². The zero-order chi connectivity index (χ0) is 11.5. The normalized spacial score (nSPS) is 10.1. The van der Waals surface area contributed by atoms with Crippen molar-refractivity contribution in [2.45, 2.75) is 6.92 Å². The molecule has 0 radical (unpaired) electrons. The molecule has 5 heteroatoms. The van der Waals surface area contributed by atoms with Gasteiger partial charge in [0.25, 0.3) is 0 Å². The Hall–Kier alpha value is -2.17. The number of nitrogen functional groups attached to an aromatic ring is 1. The minimum atomic E-state index is -0.228. The van der Waals surface area contributed by atoms with E-state index in [1.807, 2.05) is 0 Å². The van der Waals surface area contributed by atoms with Crippen LogP contribution in [0.5, 0.6) is 0 Å². The first-order chi connectivity index (χ1) is 7.65. The molecule has 0 bridgehead atoms. The highest BCUT2D eigenvalue weighted by Gasteiger charge is 2.00. The van der Waals surface area contributed by atoms with Gasteiger partial charge in [0, 0.05) is 5.69 Å². The number of rotatable bonds is 2. The van der Waals surface area contributed by atoms with Crippen LogP contribution in [0, 0.1) is 12.7 Å². The molecule has 0 saturated carbocycles. The van der Waals surface area contributed by atoms with Gasteiger partial charge in [0.05, 0.1) is 12.4 Å². The molecule has 82 valence electrons. The number of anilines is 3. The van der Waals surface area contributed by atoms with Crippen molar-refractivity contribution in [3.8, 4) is 0 Å². The Morgan fingerprint density at radius 1 is 1.25 bits per heavy atom. The van der Waals surface area contributed by atoms with Crippen molar-refractivity contribution in [2.24, 2.45) is 0 Å². The minimum Gasteiger partial charge on any atom is -0.382 e. The summed E-state index contributed by atoms with van der Waals surface area (Å²) in [7, 11) is 0. The number of hydrogen-bond acceptors (Lipinski definition) is 4. The largest absolute Gasteiger partial charge is 0.382 e. The van der Waals surface area contributed by atoms with Crippen LogP contribution >= 0.6 is 0 Å². The van der Waals surface area contributed by atoms with Gasteiger partial charge in [-0.05, 0) is 30.7 Å². The summed E-state index contributed by atoms with van der Waals surface area (Å²) in [6.07, 6.45) is 2.98. The Morgan fingerprint density at radius 2 is 2.06 bits per heavy atom. The van der Waals surface area contributed by atoms with Crippen LogP contribution in [0.2, 0.25) is 0 Å². The second-order valence-electron chi connectivity index (χ2n) is 3.42. The first kappa shape index (κ1) is 10.4. The van der Waals surface area contributed by atoms with Gasteiger partial charge in [0.15, 0.2) is 0 Å². The van der Waals surface area contributed by atoms with E-state index in [4.69, 9.17) is 5.73 Å².